The first-order valence-electron chi connectivity index (χ1n) is 10.1. The van der Waals surface area contributed by atoms with Crippen LogP contribution in [0.1, 0.15) is 96.8 Å². The highest BCUT2D eigenvalue weighted by atomic mass is 79.9. The largest absolute Gasteiger partial charge is 0.343 e. The molecule has 5 heteroatoms. The summed E-state index contributed by atoms with van der Waals surface area (Å²) in [4.78, 5) is 0. The first-order chi connectivity index (χ1) is 11.6. The van der Waals surface area contributed by atoms with Gasteiger partial charge >= 0.3 is 0 Å². The molecule has 0 aromatic heterocycles. The van der Waals surface area contributed by atoms with Crippen LogP contribution in [0.25, 0.3) is 0 Å². The van der Waals surface area contributed by atoms with Gasteiger partial charge in [0.05, 0.1) is 6.54 Å². The molecule has 152 valence electrons. The third kappa shape index (κ3) is 26.4. The van der Waals surface area contributed by atoms with Crippen LogP contribution in [0.3, 0.4) is 0 Å². The fourth-order valence-electron chi connectivity index (χ4n) is 2.75. The summed E-state index contributed by atoms with van der Waals surface area (Å²) in [5.41, 5.74) is 0. The van der Waals surface area contributed by atoms with E-state index < -0.39 is 5.97 Å². The maximum Gasteiger partial charge on any atom is 0.288 e. The average molecular weight is 424 g/mol. The molecule has 0 aliphatic heterocycles. The monoisotopic (exact) mass is 423 g/mol. The lowest BCUT2D eigenvalue weighted by Gasteiger charge is -2.14. The van der Waals surface area contributed by atoms with Crippen molar-refractivity contribution in [2.24, 2.45) is 0 Å². The highest BCUT2D eigenvalue weighted by molar-refractivity contribution is 8.93. The number of allylic oxidation sites excluding steroid dienone is 2. The van der Waals surface area contributed by atoms with E-state index in [1.807, 2.05) is 0 Å². The zero-order chi connectivity index (χ0) is 17.9. The first kappa shape index (κ1) is 27.3. The van der Waals surface area contributed by atoms with Crippen LogP contribution in [-0.2, 0) is 0 Å². The molecule has 0 bridgehead atoms. The van der Waals surface area contributed by atoms with E-state index >= 15 is 0 Å². The second kappa shape index (κ2) is 20.4. The third-order valence-corrected chi connectivity index (χ3v) is 4.23. The normalized spacial score (nSPS) is 11.8. The van der Waals surface area contributed by atoms with Crippen LogP contribution in [0.5, 0.6) is 0 Å². The number of aliphatic hydroxyl groups is 3. The quantitative estimate of drug-likeness (QED) is 0.145. The second-order valence-electron chi connectivity index (χ2n) is 6.89. The van der Waals surface area contributed by atoms with Crippen LogP contribution in [0.4, 0.5) is 0 Å². The van der Waals surface area contributed by atoms with Gasteiger partial charge in [-0.25, -0.2) is 0 Å². The first-order valence-corrected chi connectivity index (χ1v) is 10.1. The molecule has 0 rings (SSSR count). The third-order valence-electron chi connectivity index (χ3n) is 4.23. The molecule has 0 aromatic carbocycles. The highest BCUT2D eigenvalue weighted by Gasteiger charge is 2.16. The minimum absolute atomic E-state index is 0. The van der Waals surface area contributed by atoms with Crippen LogP contribution in [0, 0.1) is 0 Å². The Morgan fingerprint density at radius 2 is 1.12 bits per heavy atom. The minimum Gasteiger partial charge on any atom is -0.343 e. The zero-order valence-corrected chi connectivity index (χ0v) is 17.9. The molecule has 0 fully saturated rings. The summed E-state index contributed by atoms with van der Waals surface area (Å²) in [5.74, 6) is -2.58. The van der Waals surface area contributed by atoms with Crippen LogP contribution >= 0.6 is 17.0 Å². The summed E-state index contributed by atoms with van der Waals surface area (Å²) in [6.07, 6.45) is 22.7. The Kier molecular flexibility index (Phi) is 22.2. The molecule has 0 saturated heterocycles. The van der Waals surface area contributed by atoms with Gasteiger partial charge in [-0.05, 0) is 38.6 Å². The Bertz CT molecular complexity index is 281. The molecule has 0 spiro atoms. The number of unbranched alkanes of at least 4 members (excludes halogenated alkanes) is 12. The summed E-state index contributed by atoms with van der Waals surface area (Å²) in [6.45, 7) is 2.78. The summed E-state index contributed by atoms with van der Waals surface area (Å²) >= 11 is 0. The van der Waals surface area contributed by atoms with Gasteiger partial charge in [-0.3, -0.25) is 0 Å². The van der Waals surface area contributed by atoms with Gasteiger partial charge in [0.15, 0.2) is 0 Å². The number of nitrogens with one attached hydrogen (secondary N) is 1. The average Bonchev–Trinajstić information content (AvgIpc) is 2.52. The molecule has 0 heterocycles. The van der Waals surface area contributed by atoms with Crippen molar-refractivity contribution >= 4 is 17.0 Å². The lowest BCUT2D eigenvalue weighted by molar-refractivity contribution is -0.306. The maximum atomic E-state index is 8.70. The Balaban J connectivity index is 0. The van der Waals surface area contributed by atoms with Gasteiger partial charge in [-0.15, -0.1) is 17.0 Å². The predicted octanol–water partition coefficient (Wildman–Crippen LogP) is 4.82. The molecular weight excluding hydrogens is 382 g/mol. The second-order valence-corrected chi connectivity index (χ2v) is 6.89. The van der Waals surface area contributed by atoms with E-state index in [0.29, 0.717) is 6.54 Å². The van der Waals surface area contributed by atoms with Crippen LogP contribution < -0.4 is 5.32 Å². The van der Waals surface area contributed by atoms with Gasteiger partial charge in [0.2, 0.25) is 0 Å². The fourth-order valence-corrected chi connectivity index (χ4v) is 2.75. The van der Waals surface area contributed by atoms with E-state index in [1.165, 1.54) is 77.0 Å². The Morgan fingerprint density at radius 3 is 1.60 bits per heavy atom. The van der Waals surface area contributed by atoms with Crippen molar-refractivity contribution in [2.45, 2.75) is 103 Å². The summed E-state index contributed by atoms with van der Waals surface area (Å²) in [6, 6.07) is 0. The molecule has 0 amide bonds. The van der Waals surface area contributed by atoms with Crippen LogP contribution in [0.15, 0.2) is 12.2 Å². The number of hydrogen-bond donors (Lipinski definition) is 4. The van der Waals surface area contributed by atoms with Gasteiger partial charge in [0.1, 0.15) is 0 Å². The van der Waals surface area contributed by atoms with E-state index in [1.54, 1.807) is 0 Å². The van der Waals surface area contributed by atoms with Crippen molar-refractivity contribution in [3.63, 3.8) is 0 Å². The van der Waals surface area contributed by atoms with E-state index in [0.717, 1.165) is 12.8 Å². The molecule has 0 radical (unpaired) electrons. The molecule has 4 N–H and O–H groups in total. The molecule has 0 aliphatic carbocycles. The molecular formula is C20H42BrNO3. The SMILES string of the molecule is Br.CCCCCCCCC=CCCCCCCCCNCC(O)(O)O. The molecule has 25 heavy (non-hydrogen) atoms. The van der Waals surface area contributed by atoms with Gasteiger partial charge in [-0.1, -0.05) is 76.9 Å². The highest BCUT2D eigenvalue weighted by Crippen LogP contribution is 2.09. The van der Waals surface area contributed by atoms with Crippen molar-refractivity contribution < 1.29 is 15.3 Å². The van der Waals surface area contributed by atoms with Crippen molar-refractivity contribution in [1.29, 1.82) is 0 Å². The maximum absolute atomic E-state index is 8.70. The van der Waals surface area contributed by atoms with Crippen LogP contribution in [-0.4, -0.2) is 34.4 Å². The van der Waals surface area contributed by atoms with E-state index in [9.17, 15) is 0 Å². The van der Waals surface area contributed by atoms with Gasteiger partial charge in [0, 0.05) is 0 Å². The lowest BCUT2D eigenvalue weighted by Crippen LogP contribution is -2.40. The molecule has 0 unspecified atom stereocenters. The van der Waals surface area contributed by atoms with Crippen molar-refractivity contribution in [2.75, 3.05) is 13.1 Å². The molecule has 0 aromatic rings. The zero-order valence-electron chi connectivity index (χ0n) is 16.2. The number of hydrogen-bond acceptors (Lipinski definition) is 4. The van der Waals surface area contributed by atoms with Gasteiger partial charge in [-0.2, -0.15) is 0 Å². The smallest absolute Gasteiger partial charge is 0.288 e. The number of rotatable bonds is 18. The molecule has 0 aliphatic rings. The molecule has 4 nitrogen and oxygen atoms in total. The summed E-state index contributed by atoms with van der Waals surface area (Å²) in [7, 11) is 0. The Hall–Kier alpha value is 0.0600. The lowest BCUT2D eigenvalue weighted by atomic mass is 10.1. The molecule has 0 saturated carbocycles. The Labute approximate surface area is 165 Å². The summed E-state index contributed by atoms with van der Waals surface area (Å²) in [5, 5.41) is 28.9. The fraction of sp³-hybridized carbons (Fsp3) is 0.900. The van der Waals surface area contributed by atoms with Crippen LogP contribution in [0.2, 0.25) is 0 Å². The standard InChI is InChI=1S/C20H41NO3.BrH/c1-2-3-4-5-6-7-8-9-10-11-12-13-14-15-16-17-18-21-19-20(22,23)24;/h9-10,21-24H,2-8,11-19H2,1H3;1H. The van der Waals surface area contributed by atoms with Gasteiger partial charge in [0.25, 0.3) is 5.97 Å². The van der Waals surface area contributed by atoms with Gasteiger partial charge < -0.3 is 20.6 Å². The van der Waals surface area contributed by atoms with E-state index in [4.69, 9.17) is 15.3 Å². The van der Waals surface area contributed by atoms with Crippen molar-refractivity contribution in [1.82, 2.24) is 5.32 Å². The topological polar surface area (TPSA) is 72.7 Å². The molecule has 0 atom stereocenters. The minimum atomic E-state index is -2.58. The Morgan fingerprint density at radius 1 is 0.680 bits per heavy atom. The number of halogens is 1. The predicted molar refractivity (Wildman–Crippen MR) is 112 cm³/mol. The van der Waals surface area contributed by atoms with E-state index in [-0.39, 0.29) is 23.5 Å². The van der Waals surface area contributed by atoms with Crippen molar-refractivity contribution in [3.05, 3.63) is 12.2 Å². The summed E-state index contributed by atoms with van der Waals surface area (Å²) < 4.78 is 0. The van der Waals surface area contributed by atoms with E-state index in [2.05, 4.69) is 24.4 Å². The van der Waals surface area contributed by atoms with Crippen molar-refractivity contribution in [3.8, 4) is 0 Å².